The SMILES string of the molecule is O=C(O)C1=C(OC2COCOC2)S[C@H]2[C@@H](CCO)C(=O)N12. The Morgan fingerprint density at radius 1 is 1.43 bits per heavy atom. The molecule has 21 heavy (non-hydrogen) atoms. The van der Waals surface area contributed by atoms with Gasteiger partial charge in [-0.05, 0) is 6.42 Å². The van der Waals surface area contributed by atoms with Gasteiger partial charge in [0.15, 0.2) is 10.8 Å². The van der Waals surface area contributed by atoms with Crippen molar-refractivity contribution in [1.29, 1.82) is 0 Å². The highest BCUT2D eigenvalue weighted by Gasteiger charge is 2.56. The van der Waals surface area contributed by atoms with E-state index < -0.39 is 5.97 Å². The van der Waals surface area contributed by atoms with Crippen LogP contribution in [0.5, 0.6) is 0 Å². The first-order chi connectivity index (χ1) is 10.1. The minimum absolute atomic E-state index is 0.107. The van der Waals surface area contributed by atoms with Crippen molar-refractivity contribution in [2.45, 2.75) is 17.9 Å². The molecule has 0 aromatic heterocycles. The zero-order valence-electron chi connectivity index (χ0n) is 11.1. The van der Waals surface area contributed by atoms with Crippen molar-refractivity contribution in [3.63, 3.8) is 0 Å². The number of carboxylic acid groups (broad SMARTS) is 1. The van der Waals surface area contributed by atoms with E-state index in [0.29, 0.717) is 19.6 Å². The molecular formula is C12H15NO7S. The van der Waals surface area contributed by atoms with E-state index in [0.717, 1.165) is 0 Å². The molecule has 3 aliphatic heterocycles. The summed E-state index contributed by atoms with van der Waals surface area (Å²) in [7, 11) is 0. The molecule has 0 aromatic rings. The number of thioether (sulfide) groups is 1. The Hall–Kier alpha value is -1.29. The zero-order chi connectivity index (χ0) is 15.0. The third-order valence-corrected chi connectivity index (χ3v) is 4.79. The van der Waals surface area contributed by atoms with Crippen molar-refractivity contribution in [1.82, 2.24) is 4.90 Å². The van der Waals surface area contributed by atoms with Crippen molar-refractivity contribution in [3.8, 4) is 0 Å². The molecule has 3 rings (SSSR count). The van der Waals surface area contributed by atoms with Gasteiger partial charge in [0.25, 0.3) is 0 Å². The largest absolute Gasteiger partial charge is 0.477 e. The number of ether oxygens (including phenoxy) is 3. The number of β-lactam (4-membered cyclic amide) rings is 1. The van der Waals surface area contributed by atoms with E-state index in [2.05, 4.69) is 0 Å². The third kappa shape index (κ3) is 2.50. The number of carbonyl (C=O) groups excluding carboxylic acids is 1. The lowest BCUT2D eigenvalue weighted by molar-refractivity contribution is -0.157. The highest BCUT2D eigenvalue weighted by atomic mass is 32.2. The summed E-state index contributed by atoms with van der Waals surface area (Å²) in [6, 6.07) is 0. The van der Waals surface area contributed by atoms with Crippen molar-refractivity contribution in [3.05, 3.63) is 10.8 Å². The monoisotopic (exact) mass is 317 g/mol. The minimum Gasteiger partial charge on any atom is -0.477 e. The number of hydrogen-bond donors (Lipinski definition) is 2. The molecule has 0 unspecified atom stereocenters. The zero-order valence-corrected chi connectivity index (χ0v) is 11.9. The molecule has 2 saturated heterocycles. The van der Waals surface area contributed by atoms with Gasteiger partial charge < -0.3 is 24.4 Å². The summed E-state index contributed by atoms with van der Waals surface area (Å²) in [4.78, 5) is 24.6. The number of aliphatic hydroxyl groups excluding tert-OH is 1. The van der Waals surface area contributed by atoms with Crippen LogP contribution in [0.2, 0.25) is 0 Å². The van der Waals surface area contributed by atoms with Crippen LogP contribution in [-0.4, -0.2) is 65.1 Å². The van der Waals surface area contributed by atoms with Crippen LogP contribution in [0.1, 0.15) is 6.42 Å². The molecule has 0 spiro atoms. The molecule has 3 heterocycles. The van der Waals surface area contributed by atoms with Crippen molar-refractivity contribution < 1.29 is 34.0 Å². The molecule has 2 N–H and O–H groups in total. The maximum Gasteiger partial charge on any atom is 0.357 e. The van der Waals surface area contributed by atoms with Gasteiger partial charge in [-0.1, -0.05) is 11.8 Å². The van der Waals surface area contributed by atoms with Gasteiger partial charge in [-0.15, -0.1) is 0 Å². The van der Waals surface area contributed by atoms with Crippen molar-refractivity contribution in [2.24, 2.45) is 5.92 Å². The fraction of sp³-hybridized carbons (Fsp3) is 0.667. The second-order valence-corrected chi connectivity index (χ2v) is 5.97. The molecule has 0 bridgehead atoms. The Balaban J connectivity index is 1.75. The number of amides is 1. The molecule has 2 atom stereocenters. The summed E-state index contributed by atoms with van der Waals surface area (Å²) in [6.07, 6.45) is -0.0660. The van der Waals surface area contributed by atoms with Gasteiger partial charge in [-0.25, -0.2) is 4.79 Å². The molecular weight excluding hydrogens is 302 g/mol. The first-order valence-electron chi connectivity index (χ1n) is 6.53. The summed E-state index contributed by atoms with van der Waals surface area (Å²) in [5.41, 5.74) is -0.130. The van der Waals surface area contributed by atoms with E-state index in [1.807, 2.05) is 0 Å². The van der Waals surface area contributed by atoms with Gasteiger partial charge >= 0.3 is 5.97 Å². The molecule has 0 saturated carbocycles. The number of aliphatic carboxylic acids is 1. The number of aliphatic hydroxyl groups is 1. The maximum absolute atomic E-state index is 12.0. The summed E-state index contributed by atoms with van der Waals surface area (Å²) in [6.45, 7) is 0.721. The predicted octanol–water partition coefficient (Wildman–Crippen LogP) is -0.457. The predicted molar refractivity (Wildman–Crippen MR) is 69.7 cm³/mol. The van der Waals surface area contributed by atoms with Crippen LogP contribution in [0, 0.1) is 5.92 Å². The van der Waals surface area contributed by atoms with Crippen LogP contribution in [0.3, 0.4) is 0 Å². The molecule has 3 aliphatic rings. The van der Waals surface area contributed by atoms with Crippen LogP contribution in [0.25, 0.3) is 0 Å². The smallest absolute Gasteiger partial charge is 0.357 e. The van der Waals surface area contributed by atoms with Crippen LogP contribution < -0.4 is 0 Å². The van der Waals surface area contributed by atoms with Gasteiger partial charge in [0.1, 0.15) is 18.3 Å². The lowest BCUT2D eigenvalue weighted by atomic mass is 9.94. The summed E-state index contributed by atoms with van der Waals surface area (Å²) in [5, 5.41) is 18.2. The van der Waals surface area contributed by atoms with E-state index in [-0.39, 0.29) is 47.5 Å². The van der Waals surface area contributed by atoms with Gasteiger partial charge in [-0.2, -0.15) is 0 Å². The van der Waals surface area contributed by atoms with Gasteiger partial charge in [0.05, 0.1) is 19.1 Å². The molecule has 116 valence electrons. The standard InChI is InChI=1S/C12H15NO7S/c14-2-1-7-9(15)13-8(11(16)17)12(21-10(7)13)20-6-3-18-5-19-4-6/h6-7,10,14H,1-5H2,(H,16,17)/t7-,10-/m0/s1. The summed E-state index contributed by atoms with van der Waals surface area (Å²) < 4.78 is 15.8. The third-order valence-electron chi connectivity index (χ3n) is 3.51. The Morgan fingerprint density at radius 2 is 2.14 bits per heavy atom. The molecule has 1 amide bonds. The fourth-order valence-electron chi connectivity index (χ4n) is 2.52. The molecule has 0 aliphatic carbocycles. The van der Waals surface area contributed by atoms with Crippen LogP contribution in [-0.2, 0) is 23.8 Å². The Morgan fingerprint density at radius 3 is 2.76 bits per heavy atom. The normalized spacial score (nSPS) is 29.4. The van der Waals surface area contributed by atoms with E-state index in [4.69, 9.17) is 19.3 Å². The summed E-state index contributed by atoms with van der Waals surface area (Å²) >= 11 is 1.20. The van der Waals surface area contributed by atoms with E-state index in [1.54, 1.807) is 0 Å². The Kier molecular flexibility index (Phi) is 4.07. The number of nitrogens with zero attached hydrogens (tertiary/aromatic N) is 1. The molecule has 8 nitrogen and oxygen atoms in total. The van der Waals surface area contributed by atoms with Crippen LogP contribution >= 0.6 is 11.8 Å². The first-order valence-corrected chi connectivity index (χ1v) is 7.41. The van der Waals surface area contributed by atoms with E-state index >= 15 is 0 Å². The highest BCUT2D eigenvalue weighted by molar-refractivity contribution is 8.03. The average molecular weight is 317 g/mol. The van der Waals surface area contributed by atoms with Gasteiger partial charge in [-0.3, -0.25) is 9.69 Å². The Bertz CT molecular complexity index is 488. The lowest BCUT2D eigenvalue weighted by Gasteiger charge is -2.41. The Labute approximate surface area is 124 Å². The van der Waals surface area contributed by atoms with Crippen molar-refractivity contribution >= 4 is 23.6 Å². The fourth-order valence-corrected chi connectivity index (χ4v) is 3.96. The maximum atomic E-state index is 12.0. The van der Waals surface area contributed by atoms with E-state index in [1.165, 1.54) is 16.7 Å². The van der Waals surface area contributed by atoms with Crippen LogP contribution in [0.4, 0.5) is 0 Å². The number of hydrogen-bond acceptors (Lipinski definition) is 7. The second kappa shape index (κ2) is 5.84. The quantitative estimate of drug-likeness (QED) is 0.657. The van der Waals surface area contributed by atoms with Crippen LogP contribution in [0.15, 0.2) is 10.8 Å². The molecule has 2 fully saturated rings. The van der Waals surface area contributed by atoms with Gasteiger partial charge in [0.2, 0.25) is 5.91 Å². The second-order valence-electron chi connectivity index (χ2n) is 4.88. The number of carboxylic acids is 1. The highest BCUT2D eigenvalue weighted by Crippen LogP contribution is 2.50. The van der Waals surface area contributed by atoms with Crippen molar-refractivity contribution in [2.75, 3.05) is 26.6 Å². The first kappa shape index (κ1) is 14.6. The van der Waals surface area contributed by atoms with E-state index in [9.17, 15) is 14.7 Å². The summed E-state index contributed by atoms with van der Waals surface area (Å²) in [5.74, 6) is -1.85. The molecule has 0 aromatic carbocycles. The number of rotatable bonds is 5. The average Bonchev–Trinajstić information content (AvgIpc) is 2.81. The minimum atomic E-state index is -1.20. The molecule has 9 heteroatoms. The van der Waals surface area contributed by atoms with Gasteiger partial charge in [0, 0.05) is 6.61 Å². The lowest BCUT2D eigenvalue weighted by Crippen LogP contribution is -2.57. The topological polar surface area (TPSA) is 106 Å². The number of fused-ring (bicyclic) bond motifs is 1. The number of carbonyl (C=O) groups is 2. The molecule has 0 radical (unpaired) electrons.